The third-order valence-corrected chi connectivity index (χ3v) is 4.84. The number of para-hydroxylation sites is 1. The highest BCUT2D eigenvalue weighted by Crippen LogP contribution is 2.19. The van der Waals surface area contributed by atoms with Gasteiger partial charge in [-0.15, -0.1) is 0 Å². The summed E-state index contributed by atoms with van der Waals surface area (Å²) >= 11 is 5.12. The Kier molecular flexibility index (Phi) is 5.42. The highest BCUT2D eigenvalue weighted by atomic mass is 32.2. The lowest BCUT2D eigenvalue weighted by molar-refractivity contribution is 0.437. The van der Waals surface area contributed by atoms with E-state index >= 15 is 0 Å². The Morgan fingerprint density at radius 3 is 2.36 bits per heavy atom. The number of rotatable bonds is 4. The van der Waals surface area contributed by atoms with Crippen molar-refractivity contribution in [3.63, 3.8) is 0 Å². The first-order chi connectivity index (χ1) is 13.1. The first kappa shape index (κ1) is 19.9. The Hall–Kier alpha value is -2.87. The fourth-order valence-electron chi connectivity index (χ4n) is 2.31. The molecule has 2 aromatic rings. The molecule has 1 aliphatic rings. The minimum Gasteiger partial charge on any atom is -0.368 e. The number of primary sulfonamides is 1. The maximum absolute atomic E-state index is 13.7. The minimum atomic E-state index is -3.80. The number of hydrazine groups is 1. The number of guanidine groups is 1. The molecule has 1 heterocycles. The molecule has 0 amide bonds. The monoisotopic (exact) mass is 427 g/mol. The Balaban J connectivity index is 1.66. The van der Waals surface area contributed by atoms with E-state index in [0.29, 0.717) is 5.69 Å². The number of hydrogen-bond acceptors (Lipinski definition) is 7. The Morgan fingerprint density at radius 1 is 1.18 bits per heavy atom. The van der Waals surface area contributed by atoms with Gasteiger partial charge in [0.2, 0.25) is 16.0 Å². The van der Waals surface area contributed by atoms with E-state index in [0.717, 1.165) is 17.1 Å². The molecule has 0 saturated carbocycles. The van der Waals surface area contributed by atoms with Gasteiger partial charge in [0.05, 0.1) is 4.90 Å². The molecule has 7 N–H and O–H groups in total. The van der Waals surface area contributed by atoms with Crippen LogP contribution >= 0.6 is 12.2 Å². The number of nitrogens with two attached hydrogens (primary N) is 2. The van der Waals surface area contributed by atoms with Crippen molar-refractivity contribution in [2.45, 2.75) is 11.2 Å². The van der Waals surface area contributed by atoms with Crippen LogP contribution in [0.4, 0.5) is 20.2 Å². The zero-order chi connectivity index (χ0) is 20.5. The zero-order valence-electron chi connectivity index (χ0n) is 14.1. The van der Waals surface area contributed by atoms with Crippen molar-refractivity contribution in [1.29, 1.82) is 0 Å². The molecular weight excluding hydrogens is 412 g/mol. The highest BCUT2D eigenvalue weighted by Gasteiger charge is 2.26. The molecule has 0 radical (unpaired) electrons. The summed E-state index contributed by atoms with van der Waals surface area (Å²) in [6, 6.07) is 9.01. The summed E-state index contributed by atoms with van der Waals surface area (Å²) in [6.45, 7) is 0. The minimum absolute atomic E-state index is 0.0423. The Labute approximate surface area is 164 Å². The number of anilines is 2. The molecule has 13 heteroatoms. The standard InChI is InChI=1S/C15H15F2N7O2S2/c16-10-2-1-3-11(17)12(10)21-15(27)24-13(18)22-14(23-24)20-8-4-6-9(7-5-8)28(19,25)26/h1-7,14,20,23H,(H2,18,22)(H,21,27)(H2,19,25,26). The Bertz CT molecular complexity index is 1020. The number of thiocarbonyl (C=S) groups is 1. The summed E-state index contributed by atoms with van der Waals surface area (Å²) in [5, 5.41) is 11.4. The summed E-state index contributed by atoms with van der Waals surface area (Å²) in [5.41, 5.74) is 8.69. The SMILES string of the molecule is NC1=NC(Nc2ccc(S(N)(=O)=O)cc2)NN1C(=S)Nc1c(F)cccc1F. The molecule has 1 aliphatic heterocycles. The van der Waals surface area contributed by atoms with Gasteiger partial charge in [0.25, 0.3) is 0 Å². The second-order valence-electron chi connectivity index (χ2n) is 5.59. The number of aliphatic imine (C=N–C) groups is 1. The molecule has 0 fully saturated rings. The molecule has 1 atom stereocenters. The number of hydrogen-bond donors (Lipinski definition) is 5. The van der Waals surface area contributed by atoms with Crippen LogP contribution in [0.5, 0.6) is 0 Å². The van der Waals surface area contributed by atoms with Crippen molar-refractivity contribution in [3.05, 3.63) is 54.1 Å². The van der Waals surface area contributed by atoms with Gasteiger partial charge in [0, 0.05) is 5.69 Å². The van der Waals surface area contributed by atoms with Gasteiger partial charge < -0.3 is 16.4 Å². The van der Waals surface area contributed by atoms with Gasteiger partial charge in [0.1, 0.15) is 17.3 Å². The lowest BCUT2D eigenvalue weighted by Crippen LogP contribution is -2.50. The third kappa shape index (κ3) is 4.33. The summed E-state index contributed by atoms with van der Waals surface area (Å²) in [7, 11) is -3.80. The Morgan fingerprint density at radius 2 is 1.79 bits per heavy atom. The fraction of sp³-hybridized carbons (Fsp3) is 0.0667. The maximum atomic E-state index is 13.7. The van der Waals surface area contributed by atoms with Crippen molar-refractivity contribution in [2.75, 3.05) is 10.6 Å². The molecule has 1 unspecified atom stereocenters. The van der Waals surface area contributed by atoms with Gasteiger partial charge in [-0.1, -0.05) is 6.07 Å². The summed E-state index contributed by atoms with van der Waals surface area (Å²) < 4.78 is 50.0. The summed E-state index contributed by atoms with van der Waals surface area (Å²) in [5.74, 6) is -1.68. The van der Waals surface area contributed by atoms with Gasteiger partial charge in [-0.05, 0) is 48.6 Å². The first-order valence-electron chi connectivity index (χ1n) is 7.69. The average Bonchev–Trinajstić information content (AvgIpc) is 2.98. The van der Waals surface area contributed by atoms with Crippen LogP contribution in [0.3, 0.4) is 0 Å². The van der Waals surface area contributed by atoms with Crippen LogP contribution in [0.1, 0.15) is 0 Å². The predicted molar refractivity (Wildman–Crippen MR) is 104 cm³/mol. The van der Waals surface area contributed by atoms with Crippen LogP contribution in [-0.2, 0) is 10.0 Å². The second kappa shape index (κ2) is 7.63. The number of nitrogens with zero attached hydrogens (tertiary/aromatic N) is 2. The van der Waals surface area contributed by atoms with E-state index in [1.807, 2.05) is 0 Å². The lowest BCUT2D eigenvalue weighted by atomic mass is 10.3. The van der Waals surface area contributed by atoms with Crippen molar-refractivity contribution >= 4 is 44.7 Å². The molecule has 0 spiro atoms. The molecule has 2 aromatic carbocycles. The van der Waals surface area contributed by atoms with Crippen molar-refractivity contribution in [1.82, 2.24) is 10.4 Å². The van der Waals surface area contributed by atoms with E-state index in [-0.39, 0.29) is 16.0 Å². The van der Waals surface area contributed by atoms with E-state index in [1.165, 1.54) is 30.3 Å². The lowest BCUT2D eigenvalue weighted by Gasteiger charge is -2.22. The van der Waals surface area contributed by atoms with Crippen LogP contribution in [-0.4, -0.2) is 30.8 Å². The van der Waals surface area contributed by atoms with E-state index in [4.69, 9.17) is 23.1 Å². The molecule has 28 heavy (non-hydrogen) atoms. The van der Waals surface area contributed by atoms with Gasteiger partial charge in [-0.25, -0.2) is 32.3 Å². The molecule has 0 aliphatic carbocycles. The smallest absolute Gasteiger partial charge is 0.238 e. The highest BCUT2D eigenvalue weighted by molar-refractivity contribution is 7.89. The third-order valence-electron chi connectivity index (χ3n) is 3.63. The van der Waals surface area contributed by atoms with Crippen molar-refractivity contribution < 1.29 is 17.2 Å². The van der Waals surface area contributed by atoms with E-state index in [9.17, 15) is 17.2 Å². The fourth-order valence-corrected chi connectivity index (χ4v) is 3.08. The van der Waals surface area contributed by atoms with Gasteiger partial charge in [-0.2, -0.15) is 5.43 Å². The van der Waals surface area contributed by atoms with Gasteiger partial charge in [-0.3, -0.25) is 0 Å². The largest absolute Gasteiger partial charge is 0.368 e. The first-order valence-corrected chi connectivity index (χ1v) is 9.64. The van der Waals surface area contributed by atoms with Crippen LogP contribution in [0.15, 0.2) is 52.4 Å². The molecule has 0 saturated heterocycles. The predicted octanol–water partition coefficient (Wildman–Crippen LogP) is 0.840. The summed E-state index contributed by atoms with van der Waals surface area (Å²) in [4.78, 5) is 4.04. The molecule has 0 bridgehead atoms. The number of halogens is 2. The molecule has 0 aromatic heterocycles. The van der Waals surface area contributed by atoms with E-state index < -0.39 is 33.6 Å². The number of sulfonamides is 1. The van der Waals surface area contributed by atoms with Crippen LogP contribution in [0, 0.1) is 11.6 Å². The molecule has 3 rings (SSSR count). The van der Waals surface area contributed by atoms with Crippen LogP contribution < -0.4 is 26.9 Å². The summed E-state index contributed by atoms with van der Waals surface area (Å²) in [6.07, 6.45) is -0.759. The van der Waals surface area contributed by atoms with Crippen LogP contribution in [0.25, 0.3) is 0 Å². The van der Waals surface area contributed by atoms with Gasteiger partial charge >= 0.3 is 0 Å². The van der Waals surface area contributed by atoms with E-state index in [2.05, 4.69) is 21.1 Å². The normalized spacial score (nSPS) is 16.6. The van der Waals surface area contributed by atoms with Crippen molar-refractivity contribution in [3.8, 4) is 0 Å². The van der Waals surface area contributed by atoms with Crippen LogP contribution in [0.2, 0.25) is 0 Å². The maximum Gasteiger partial charge on any atom is 0.238 e. The number of benzene rings is 2. The van der Waals surface area contributed by atoms with E-state index in [1.54, 1.807) is 0 Å². The van der Waals surface area contributed by atoms with Crippen molar-refractivity contribution in [2.24, 2.45) is 15.9 Å². The molecule has 9 nitrogen and oxygen atoms in total. The molecule has 148 valence electrons. The topological polar surface area (TPSA) is 138 Å². The molecular formula is C15H15F2N7O2S2. The zero-order valence-corrected chi connectivity index (χ0v) is 15.7. The quantitative estimate of drug-likeness (QED) is 0.453. The second-order valence-corrected chi connectivity index (χ2v) is 7.54. The van der Waals surface area contributed by atoms with Gasteiger partial charge in [0.15, 0.2) is 11.4 Å². The average molecular weight is 427 g/mol. The number of nitrogens with one attached hydrogen (secondary N) is 3.